The fourth-order valence-corrected chi connectivity index (χ4v) is 3.41. The standard InChI is InChI=1S/C21H22N6O2/c1-3-24-20(28)13-8-14(13)21(29)27-18-7-12-6-17(15-9-23-5-4-11(15)2)26-19(22)16(12)10-25-18/h4-7,9-10,13-14H,3,8H2,1-2H3,(H2,22,26)(H,24,28)(H,25,27,29). The van der Waals surface area contributed by atoms with Gasteiger partial charge in [-0.15, -0.1) is 0 Å². The van der Waals surface area contributed by atoms with Crippen LogP contribution >= 0.6 is 0 Å². The first-order valence-electron chi connectivity index (χ1n) is 9.53. The molecule has 0 spiro atoms. The second kappa shape index (κ2) is 7.46. The van der Waals surface area contributed by atoms with E-state index in [-0.39, 0.29) is 23.7 Å². The highest BCUT2D eigenvalue weighted by atomic mass is 16.2. The number of rotatable bonds is 5. The van der Waals surface area contributed by atoms with Crippen molar-refractivity contribution in [2.75, 3.05) is 17.6 Å². The molecular formula is C21H22N6O2. The van der Waals surface area contributed by atoms with Gasteiger partial charge in [-0.25, -0.2) is 9.97 Å². The van der Waals surface area contributed by atoms with Crippen molar-refractivity contribution in [2.45, 2.75) is 20.3 Å². The number of nitrogens with one attached hydrogen (secondary N) is 2. The second-order valence-electron chi connectivity index (χ2n) is 7.21. The van der Waals surface area contributed by atoms with Crippen LogP contribution < -0.4 is 16.4 Å². The number of amides is 2. The van der Waals surface area contributed by atoms with Crippen molar-refractivity contribution >= 4 is 34.2 Å². The van der Waals surface area contributed by atoms with Gasteiger partial charge in [-0.2, -0.15) is 0 Å². The third-order valence-electron chi connectivity index (χ3n) is 5.13. The van der Waals surface area contributed by atoms with E-state index in [1.165, 1.54) is 0 Å². The van der Waals surface area contributed by atoms with Crippen molar-refractivity contribution in [1.82, 2.24) is 20.3 Å². The molecule has 0 aliphatic heterocycles. The van der Waals surface area contributed by atoms with Crippen molar-refractivity contribution in [3.8, 4) is 11.3 Å². The van der Waals surface area contributed by atoms with Crippen molar-refractivity contribution < 1.29 is 9.59 Å². The molecule has 0 aromatic carbocycles. The Morgan fingerprint density at radius 3 is 2.76 bits per heavy atom. The molecule has 0 saturated heterocycles. The number of hydrogen-bond donors (Lipinski definition) is 3. The predicted octanol–water partition coefficient (Wildman–Crippen LogP) is 2.29. The Morgan fingerprint density at radius 1 is 1.21 bits per heavy atom. The first-order chi connectivity index (χ1) is 14.0. The highest BCUT2D eigenvalue weighted by Gasteiger charge is 2.47. The molecule has 4 N–H and O–H groups in total. The van der Waals surface area contributed by atoms with E-state index in [4.69, 9.17) is 5.73 Å². The summed E-state index contributed by atoms with van der Waals surface area (Å²) in [6.45, 7) is 4.40. The quantitative estimate of drug-likeness (QED) is 0.614. The maximum atomic E-state index is 12.5. The van der Waals surface area contributed by atoms with Crippen molar-refractivity contribution in [3.63, 3.8) is 0 Å². The summed E-state index contributed by atoms with van der Waals surface area (Å²) < 4.78 is 0. The zero-order valence-electron chi connectivity index (χ0n) is 16.3. The van der Waals surface area contributed by atoms with Gasteiger partial charge in [-0.05, 0) is 49.4 Å². The lowest BCUT2D eigenvalue weighted by atomic mass is 10.1. The highest BCUT2D eigenvalue weighted by Crippen LogP contribution is 2.39. The molecule has 1 aliphatic rings. The first-order valence-corrected chi connectivity index (χ1v) is 9.53. The first kappa shape index (κ1) is 18.8. The summed E-state index contributed by atoms with van der Waals surface area (Å²) in [5, 5.41) is 7.09. The van der Waals surface area contributed by atoms with Gasteiger partial charge in [0, 0.05) is 36.1 Å². The number of fused-ring (bicyclic) bond motifs is 1. The molecule has 3 aromatic heterocycles. The Kier molecular flexibility index (Phi) is 4.84. The monoisotopic (exact) mass is 390 g/mol. The van der Waals surface area contributed by atoms with Gasteiger partial charge in [-0.3, -0.25) is 14.6 Å². The molecule has 0 radical (unpaired) electrons. The lowest BCUT2D eigenvalue weighted by Crippen LogP contribution is -2.27. The smallest absolute Gasteiger partial charge is 0.229 e. The predicted molar refractivity (Wildman–Crippen MR) is 111 cm³/mol. The average Bonchev–Trinajstić information content (AvgIpc) is 3.49. The fourth-order valence-electron chi connectivity index (χ4n) is 3.41. The highest BCUT2D eigenvalue weighted by molar-refractivity contribution is 6.01. The van der Waals surface area contributed by atoms with E-state index >= 15 is 0 Å². The molecule has 3 heterocycles. The second-order valence-corrected chi connectivity index (χ2v) is 7.21. The summed E-state index contributed by atoms with van der Waals surface area (Å²) in [4.78, 5) is 37.2. The minimum Gasteiger partial charge on any atom is -0.383 e. The molecule has 29 heavy (non-hydrogen) atoms. The van der Waals surface area contributed by atoms with Gasteiger partial charge in [0.25, 0.3) is 0 Å². The van der Waals surface area contributed by atoms with Gasteiger partial charge >= 0.3 is 0 Å². The van der Waals surface area contributed by atoms with Crippen LogP contribution in [0, 0.1) is 18.8 Å². The number of nitrogens with two attached hydrogens (primary N) is 1. The molecular weight excluding hydrogens is 368 g/mol. The Morgan fingerprint density at radius 2 is 2.00 bits per heavy atom. The average molecular weight is 390 g/mol. The molecule has 148 valence electrons. The normalized spacial score (nSPS) is 17.7. The summed E-state index contributed by atoms with van der Waals surface area (Å²) in [7, 11) is 0. The van der Waals surface area contributed by atoms with Gasteiger partial charge < -0.3 is 16.4 Å². The van der Waals surface area contributed by atoms with E-state index in [1.807, 2.05) is 26.0 Å². The summed E-state index contributed by atoms with van der Waals surface area (Å²) in [6.07, 6.45) is 5.64. The summed E-state index contributed by atoms with van der Waals surface area (Å²) >= 11 is 0. The zero-order valence-corrected chi connectivity index (χ0v) is 16.3. The number of nitrogen functional groups attached to an aromatic ring is 1. The lowest BCUT2D eigenvalue weighted by molar-refractivity contribution is -0.125. The van der Waals surface area contributed by atoms with Crippen LogP contribution in [0.2, 0.25) is 0 Å². The number of pyridine rings is 3. The number of carbonyl (C=O) groups excluding carboxylic acids is 2. The molecule has 2 unspecified atom stereocenters. The van der Waals surface area contributed by atoms with Crippen LogP contribution in [0.5, 0.6) is 0 Å². The maximum Gasteiger partial charge on any atom is 0.229 e. The molecule has 1 saturated carbocycles. The SMILES string of the molecule is CCNC(=O)C1CC1C(=O)Nc1cc2cc(-c3cnccc3C)nc(N)c2cn1. The third-order valence-corrected chi connectivity index (χ3v) is 5.13. The van der Waals surface area contributed by atoms with E-state index in [0.29, 0.717) is 35.7 Å². The topological polar surface area (TPSA) is 123 Å². The number of nitrogens with zero attached hydrogens (tertiary/aromatic N) is 3. The van der Waals surface area contributed by atoms with E-state index in [2.05, 4.69) is 25.6 Å². The van der Waals surface area contributed by atoms with Crippen LogP contribution in [0.1, 0.15) is 18.9 Å². The van der Waals surface area contributed by atoms with E-state index < -0.39 is 0 Å². The molecule has 2 amide bonds. The number of anilines is 2. The zero-order chi connectivity index (χ0) is 20.5. The van der Waals surface area contributed by atoms with Gasteiger partial charge in [0.2, 0.25) is 11.8 Å². The maximum absolute atomic E-state index is 12.5. The number of aryl methyl sites for hydroxylation is 1. The molecule has 4 rings (SSSR count). The Hall–Kier alpha value is -3.55. The van der Waals surface area contributed by atoms with E-state index in [1.54, 1.807) is 24.7 Å². The largest absolute Gasteiger partial charge is 0.383 e. The van der Waals surface area contributed by atoms with E-state index in [9.17, 15) is 9.59 Å². The fraction of sp³-hybridized carbons (Fsp3) is 0.286. The Bertz CT molecular complexity index is 1110. The van der Waals surface area contributed by atoms with Crippen molar-refractivity contribution in [1.29, 1.82) is 0 Å². The van der Waals surface area contributed by atoms with Crippen LogP contribution in [-0.2, 0) is 9.59 Å². The molecule has 1 fully saturated rings. The molecule has 1 aliphatic carbocycles. The van der Waals surface area contributed by atoms with Crippen molar-refractivity contribution in [3.05, 3.63) is 42.4 Å². The minimum atomic E-state index is -0.310. The van der Waals surface area contributed by atoms with Gasteiger partial charge in [0.15, 0.2) is 0 Å². The van der Waals surface area contributed by atoms with E-state index in [0.717, 1.165) is 16.5 Å². The molecule has 3 aromatic rings. The lowest BCUT2D eigenvalue weighted by Gasteiger charge is -2.10. The summed E-state index contributed by atoms with van der Waals surface area (Å²) in [5.74, 6) is -0.0494. The minimum absolute atomic E-state index is 0.0746. The van der Waals surface area contributed by atoms with Crippen molar-refractivity contribution in [2.24, 2.45) is 11.8 Å². The number of carbonyl (C=O) groups is 2. The Balaban J connectivity index is 1.58. The summed E-state index contributed by atoms with van der Waals surface area (Å²) in [6, 6.07) is 5.59. The van der Waals surface area contributed by atoms with Crippen LogP contribution in [-0.4, -0.2) is 33.3 Å². The molecule has 8 nitrogen and oxygen atoms in total. The molecule has 2 atom stereocenters. The van der Waals surface area contributed by atoms with Gasteiger partial charge in [0.05, 0.1) is 17.5 Å². The Labute approximate surface area is 168 Å². The van der Waals surface area contributed by atoms with Gasteiger partial charge in [0.1, 0.15) is 11.6 Å². The summed E-state index contributed by atoms with van der Waals surface area (Å²) in [5.41, 5.74) is 8.78. The van der Waals surface area contributed by atoms with Gasteiger partial charge in [-0.1, -0.05) is 0 Å². The van der Waals surface area contributed by atoms with Crippen LogP contribution in [0.25, 0.3) is 22.0 Å². The third kappa shape index (κ3) is 3.73. The van der Waals surface area contributed by atoms with Crippen LogP contribution in [0.3, 0.4) is 0 Å². The van der Waals surface area contributed by atoms with Crippen LogP contribution in [0.4, 0.5) is 11.6 Å². The molecule has 8 heteroatoms. The number of aromatic nitrogens is 3. The molecule has 0 bridgehead atoms. The number of hydrogen-bond acceptors (Lipinski definition) is 6. The van der Waals surface area contributed by atoms with Crippen LogP contribution in [0.15, 0.2) is 36.8 Å².